The third-order valence-electron chi connectivity index (χ3n) is 3.02. The summed E-state index contributed by atoms with van der Waals surface area (Å²) in [4.78, 5) is 11.0. The van der Waals surface area contributed by atoms with Crippen LogP contribution < -0.4 is 11.3 Å². The minimum Gasteiger partial charge on any atom is -0.375 e. The van der Waals surface area contributed by atoms with Gasteiger partial charge in [-0.05, 0) is 47.5 Å². The van der Waals surface area contributed by atoms with E-state index in [1.807, 2.05) is 27.7 Å². The van der Waals surface area contributed by atoms with Crippen LogP contribution in [0.2, 0.25) is 0 Å². The van der Waals surface area contributed by atoms with Crippen LogP contribution in [0.5, 0.6) is 0 Å². The molecule has 0 aliphatic carbocycles. The Morgan fingerprint density at radius 3 is 2.11 bits per heavy atom. The van der Waals surface area contributed by atoms with Crippen molar-refractivity contribution in [3.8, 4) is 0 Å². The molecule has 0 atom stereocenters. The van der Waals surface area contributed by atoms with Gasteiger partial charge in [-0.15, -0.1) is 0 Å². The van der Waals surface area contributed by atoms with E-state index < -0.39 is 0 Å². The standard InChI is InChI=1S/C14H30N2O3/c1-12(17)6-7-13(2,3)18-10-8-14(4,5)19-11-9-16-15/h16H,6-11,15H2,1-5H3. The smallest absolute Gasteiger partial charge is 0.129 e. The zero-order chi connectivity index (χ0) is 14.9. The summed E-state index contributed by atoms with van der Waals surface area (Å²) in [7, 11) is 0. The number of nitrogens with one attached hydrogen (secondary N) is 1. The van der Waals surface area contributed by atoms with E-state index in [4.69, 9.17) is 15.3 Å². The Bertz CT molecular complexity index is 265. The first-order valence-corrected chi connectivity index (χ1v) is 6.89. The molecule has 5 nitrogen and oxygen atoms in total. The number of hydrazine groups is 1. The van der Waals surface area contributed by atoms with Crippen LogP contribution in [-0.2, 0) is 14.3 Å². The SMILES string of the molecule is CC(=O)CCC(C)(C)OCCC(C)(C)OCCNN. The highest BCUT2D eigenvalue weighted by Gasteiger charge is 2.22. The predicted octanol–water partition coefficient (Wildman–Crippen LogP) is 1.80. The Balaban J connectivity index is 3.89. The molecule has 3 N–H and O–H groups in total. The van der Waals surface area contributed by atoms with Gasteiger partial charge in [0.15, 0.2) is 0 Å². The summed E-state index contributed by atoms with van der Waals surface area (Å²) < 4.78 is 11.6. The van der Waals surface area contributed by atoms with Crippen LogP contribution in [0, 0.1) is 0 Å². The molecule has 0 aromatic rings. The van der Waals surface area contributed by atoms with E-state index in [9.17, 15) is 4.79 Å². The van der Waals surface area contributed by atoms with Gasteiger partial charge < -0.3 is 14.3 Å². The van der Waals surface area contributed by atoms with Gasteiger partial charge in [0.25, 0.3) is 0 Å². The van der Waals surface area contributed by atoms with Crippen LogP contribution in [0.25, 0.3) is 0 Å². The van der Waals surface area contributed by atoms with Gasteiger partial charge in [-0.1, -0.05) is 0 Å². The average molecular weight is 274 g/mol. The molecule has 0 aromatic heterocycles. The summed E-state index contributed by atoms with van der Waals surface area (Å²) in [6.45, 7) is 11.5. The lowest BCUT2D eigenvalue weighted by atomic mass is 10.0. The zero-order valence-corrected chi connectivity index (χ0v) is 13.0. The Morgan fingerprint density at radius 1 is 1.05 bits per heavy atom. The number of Topliss-reactive ketones (excluding diaryl/α,β-unsaturated/α-hetero) is 1. The van der Waals surface area contributed by atoms with Crippen molar-refractivity contribution in [1.82, 2.24) is 5.43 Å². The molecular formula is C14H30N2O3. The van der Waals surface area contributed by atoms with Crippen molar-refractivity contribution < 1.29 is 14.3 Å². The molecule has 0 heterocycles. The van der Waals surface area contributed by atoms with E-state index in [0.717, 1.165) is 12.8 Å². The van der Waals surface area contributed by atoms with Crippen LogP contribution in [0.3, 0.4) is 0 Å². The van der Waals surface area contributed by atoms with Crippen LogP contribution in [-0.4, -0.2) is 36.7 Å². The van der Waals surface area contributed by atoms with Gasteiger partial charge in [0, 0.05) is 13.0 Å². The molecule has 114 valence electrons. The van der Waals surface area contributed by atoms with Crippen molar-refractivity contribution in [1.29, 1.82) is 0 Å². The van der Waals surface area contributed by atoms with Gasteiger partial charge >= 0.3 is 0 Å². The van der Waals surface area contributed by atoms with E-state index in [-0.39, 0.29) is 17.0 Å². The van der Waals surface area contributed by atoms with E-state index in [1.165, 1.54) is 0 Å². The molecule has 0 radical (unpaired) electrons. The lowest BCUT2D eigenvalue weighted by Crippen LogP contribution is -2.34. The van der Waals surface area contributed by atoms with Crippen molar-refractivity contribution in [2.45, 2.75) is 65.1 Å². The molecule has 0 rings (SSSR count). The van der Waals surface area contributed by atoms with Gasteiger partial charge in [0.2, 0.25) is 0 Å². The van der Waals surface area contributed by atoms with E-state index in [2.05, 4.69) is 5.43 Å². The summed E-state index contributed by atoms with van der Waals surface area (Å²) in [6.07, 6.45) is 2.12. The van der Waals surface area contributed by atoms with Crippen molar-refractivity contribution in [3.63, 3.8) is 0 Å². The molecule has 0 amide bonds. The molecule has 0 fully saturated rings. The summed E-state index contributed by atoms with van der Waals surface area (Å²) in [5.41, 5.74) is 2.07. The molecule has 19 heavy (non-hydrogen) atoms. The van der Waals surface area contributed by atoms with Crippen LogP contribution in [0.1, 0.15) is 53.9 Å². The summed E-state index contributed by atoms with van der Waals surface area (Å²) in [6, 6.07) is 0. The third-order valence-corrected chi connectivity index (χ3v) is 3.02. The molecule has 0 spiro atoms. The third kappa shape index (κ3) is 11.1. The molecule has 0 aliphatic rings. The number of rotatable bonds is 11. The number of carbonyl (C=O) groups is 1. The topological polar surface area (TPSA) is 73.6 Å². The molecule has 5 heteroatoms. The molecule has 0 aromatic carbocycles. The second-order valence-electron chi connectivity index (χ2n) is 6.12. The fourth-order valence-electron chi connectivity index (χ4n) is 1.58. The number of carbonyl (C=O) groups excluding carboxylic acids is 1. The Morgan fingerprint density at radius 2 is 1.58 bits per heavy atom. The van der Waals surface area contributed by atoms with Gasteiger partial charge in [0.1, 0.15) is 5.78 Å². The maximum atomic E-state index is 11.0. The highest BCUT2D eigenvalue weighted by atomic mass is 16.5. The second kappa shape index (κ2) is 8.64. The first kappa shape index (κ1) is 18.5. The first-order valence-electron chi connectivity index (χ1n) is 6.89. The Kier molecular flexibility index (Phi) is 8.41. The van der Waals surface area contributed by atoms with Crippen LogP contribution in [0.4, 0.5) is 0 Å². The fourth-order valence-corrected chi connectivity index (χ4v) is 1.58. The highest BCUT2D eigenvalue weighted by Crippen LogP contribution is 2.20. The number of ether oxygens (including phenoxy) is 2. The van der Waals surface area contributed by atoms with E-state index in [1.54, 1.807) is 6.92 Å². The van der Waals surface area contributed by atoms with Crippen LogP contribution >= 0.6 is 0 Å². The van der Waals surface area contributed by atoms with Crippen LogP contribution in [0.15, 0.2) is 0 Å². The minimum atomic E-state index is -0.263. The lowest BCUT2D eigenvalue weighted by molar-refractivity contribution is -0.119. The summed E-state index contributed by atoms with van der Waals surface area (Å²) in [5.74, 6) is 5.39. The predicted molar refractivity (Wildman–Crippen MR) is 76.8 cm³/mol. The average Bonchev–Trinajstić information content (AvgIpc) is 2.26. The quantitative estimate of drug-likeness (QED) is 0.341. The largest absolute Gasteiger partial charge is 0.375 e. The van der Waals surface area contributed by atoms with E-state index in [0.29, 0.717) is 26.2 Å². The van der Waals surface area contributed by atoms with Crippen molar-refractivity contribution in [2.75, 3.05) is 19.8 Å². The highest BCUT2D eigenvalue weighted by molar-refractivity contribution is 5.75. The van der Waals surface area contributed by atoms with Gasteiger partial charge in [-0.25, -0.2) is 0 Å². The van der Waals surface area contributed by atoms with E-state index >= 15 is 0 Å². The monoisotopic (exact) mass is 274 g/mol. The molecule has 0 aliphatic heterocycles. The minimum absolute atomic E-state index is 0.203. The molecule has 0 bridgehead atoms. The molecule has 0 saturated heterocycles. The Hall–Kier alpha value is -0.490. The molecular weight excluding hydrogens is 244 g/mol. The zero-order valence-electron chi connectivity index (χ0n) is 13.0. The number of hydrogen-bond donors (Lipinski definition) is 2. The van der Waals surface area contributed by atoms with Crippen molar-refractivity contribution >= 4 is 5.78 Å². The number of hydrogen-bond acceptors (Lipinski definition) is 5. The fraction of sp³-hybridized carbons (Fsp3) is 0.929. The Labute approximate surface area is 117 Å². The van der Waals surface area contributed by atoms with Crippen molar-refractivity contribution in [2.24, 2.45) is 5.84 Å². The summed E-state index contributed by atoms with van der Waals surface area (Å²) >= 11 is 0. The first-order chi connectivity index (χ1) is 8.68. The van der Waals surface area contributed by atoms with Crippen molar-refractivity contribution in [3.05, 3.63) is 0 Å². The maximum absolute atomic E-state index is 11.0. The number of nitrogens with two attached hydrogens (primary N) is 1. The van der Waals surface area contributed by atoms with Gasteiger partial charge in [-0.3, -0.25) is 11.3 Å². The number of ketones is 1. The second-order valence-corrected chi connectivity index (χ2v) is 6.12. The van der Waals surface area contributed by atoms with Gasteiger partial charge in [0.05, 0.1) is 24.4 Å². The lowest BCUT2D eigenvalue weighted by Gasteiger charge is -2.29. The van der Waals surface area contributed by atoms with Gasteiger partial charge in [-0.2, -0.15) is 0 Å². The summed E-state index contributed by atoms with van der Waals surface area (Å²) in [5, 5.41) is 0. The molecule has 0 unspecified atom stereocenters. The maximum Gasteiger partial charge on any atom is 0.129 e. The normalized spacial score (nSPS) is 12.7. The molecule has 0 saturated carbocycles.